The van der Waals surface area contributed by atoms with Gasteiger partial charge >= 0.3 is 0 Å². The van der Waals surface area contributed by atoms with E-state index in [-0.39, 0.29) is 36.4 Å². The van der Waals surface area contributed by atoms with Gasteiger partial charge in [-0.3, -0.25) is 4.79 Å². The first-order valence-corrected chi connectivity index (χ1v) is 9.49. The first-order chi connectivity index (χ1) is 12.1. The highest BCUT2D eigenvalue weighted by Gasteiger charge is 2.48. The summed E-state index contributed by atoms with van der Waals surface area (Å²) in [5.74, 6) is 1.96. The highest BCUT2D eigenvalue weighted by atomic mass is 35.5. The Labute approximate surface area is 161 Å². The summed E-state index contributed by atoms with van der Waals surface area (Å²) in [5.41, 5.74) is 8.46. The Kier molecular flexibility index (Phi) is 6.10. The molecule has 0 aromatic heterocycles. The van der Waals surface area contributed by atoms with Gasteiger partial charge in [-0.25, -0.2) is 0 Å². The molecule has 6 heteroatoms. The Morgan fingerprint density at radius 3 is 2.81 bits per heavy atom. The number of fused-ring (bicyclic) bond motifs is 2. The molecule has 1 aromatic carbocycles. The summed E-state index contributed by atoms with van der Waals surface area (Å²) < 4.78 is 11.5. The van der Waals surface area contributed by atoms with Gasteiger partial charge in [0, 0.05) is 24.6 Å². The Morgan fingerprint density at radius 1 is 1.31 bits per heavy atom. The second kappa shape index (κ2) is 8.15. The first kappa shape index (κ1) is 19.5. The lowest BCUT2D eigenvalue weighted by molar-refractivity contribution is -0.127. The van der Waals surface area contributed by atoms with E-state index < -0.39 is 0 Å². The topological polar surface area (TPSA) is 73.6 Å². The molecule has 0 radical (unpaired) electrons. The maximum atomic E-state index is 12.7. The largest absolute Gasteiger partial charge is 0.488 e. The molecule has 2 aliphatic carbocycles. The van der Waals surface area contributed by atoms with Crippen LogP contribution in [-0.2, 0) is 16.1 Å². The molecule has 4 rings (SSSR count). The summed E-state index contributed by atoms with van der Waals surface area (Å²) in [6.07, 6.45) is 4.49. The number of nitrogens with one attached hydrogen (secondary N) is 1. The molecule has 0 spiro atoms. The monoisotopic (exact) mass is 380 g/mol. The minimum atomic E-state index is -0.0169. The van der Waals surface area contributed by atoms with Gasteiger partial charge in [-0.2, -0.15) is 0 Å². The highest BCUT2D eigenvalue weighted by molar-refractivity contribution is 5.85. The Hall–Kier alpha value is -1.30. The molecule has 1 heterocycles. The van der Waals surface area contributed by atoms with Gasteiger partial charge in [0.1, 0.15) is 11.9 Å². The third-order valence-electron chi connectivity index (χ3n) is 6.14. The van der Waals surface area contributed by atoms with Crippen LogP contribution in [0.1, 0.15) is 36.8 Å². The van der Waals surface area contributed by atoms with Crippen LogP contribution in [0.2, 0.25) is 0 Å². The number of hydrogen-bond donors (Lipinski definition) is 2. The molecule has 2 bridgehead atoms. The molecule has 3 fully saturated rings. The van der Waals surface area contributed by atoms with Crippen molar-refractivity contribution >= 4 is 18.3 Å². The van der Waals surface area contributed by atoms with Crippen molar-refractivity contribution in [3.8, 4) is 5.75 Å². The standard InChI is InChI=1S/C20H28N2O3.ClH/c1-12-2-3-15(17(8-12)25-16-6-7-24-11-16)10-22-20(23)18-13-4-5-14(9-13)19(18)21;/h2-3,8,13-14,16,18-19H,4-7,9-11,21H2,1H3,(H,22,23);1H. The van der Waals surface area contributed by atoms with Crippen molar-refractivity contribution in [3.63, 3.8) is 0 Å². The summed E-state index contributed by atoms with van der Waals surface area (Å²) >= 11 is 0. The maximum absolute atomic E-state index is 12.7. The molecule has 2 saturated carbocycles. The third-order valence-corrected chi connectivity index (χ3v) is 6.14. The zero-order chi connectivity index (χ0) is 17.4. The number of ether oxygens (including phenoxy) is 2. The van der Waals surface area contributed by atoms with E-state index in [0.29, 0.717) is 25.0 Å². The smallest absolute Gasteiger partial charge is 0.225 e. The minimum absolute atomic E-state index is 0. The molecular weight excluding hydrogens is 352 g/mol. The fraction of sp³-hybridized carbons (Fsp3) is 0.650. The van der Waals surface area contributed by atoms with Gasteiger partial charge in [0.2, 0.25) is 5.91 Å². The van der Waals surface area contributed by atoms with Crippen molar-refractivity contribution in [1.29, 1.82) is 0 Å². The van der Waals surface area contributed by atoms with E-state index in [1.165, 1.54) is 6.42 Å². The molecule has 5 atom stereocenters. The zero-order valence-corrected chi connectivity index (χ0v) is 16.1. The van der Waals surface area contributed by atoms with E-state index in [2.05, 4.69) is 18.3 Å². The SMILES string of the molecule is Cc1ccc(CNC(=O)C2C3CCC(C3)C2N)c(OC2CCOC2)c1.Cl. The van der Waals surface area contributed by atoms with Crippen LogP contribution in [0.5, 0.6) is 5.75 Å². The molecule has 1 aromatic rings. The molecule has 3 aliphatic rings. The van der Waals surface area contributed by atoms with Crippen molar-refractivity contribution in [2.45, 2.75) is 51.3 Å². The number of carbonyl (C=O) groups excluding carboxylic acids is 1. The summed E-state index contributed by atoms with van der Waals surface area (Å²) in [6, 6.07) is 6.18. The van der Waals surface area contributed by atoms with E-state index in [9.17, 15) is 4.79 Å². The van der Waals surface area contributed by atoms with Crippen molar-refractivity contribution < 1.29 is 14.3 Å². The van der Waals surface area contributed by atoms with Gasteiger partial charge < -0.3 is 20.5 Å². The molecule has 1 amide bonds. The van der Waals surface area contributed by atoms with Crippen molar-refractivity contribution in [1.82, 2.24) is 5.32 Å². The van der Waals surface area contributed by atoms with Gasteiger partial charge in [0.05, 0.1) is 19.1 Å². The van der Waals surface area contributed by atoms with E-state index >= 15 is 0 Å². The first-order valence-electron chi connectivity index (χ1n) is 9.49. The van der Waals surface area contributed by atoms with Crippen LogP contribution >= 0.6 is 12.4 Å². The third kappa shape index (κ3) is 3.85. The molecule has 5 unspecified atom stereocenters. The van der Waals surface area contributed by atoms with Crippen LogP contribution in [0.15, 0.2) is 18.2 Å². The Bertz CT molecular complexity index is 646. The molecule has 3 N–H and O–H groups in total. The van der Waals surface area contributed by atoms with Gasteiger partial charge in [-0.1, -0.05) is 12.1 Å². The second-order valence-electron chi connectivity index (χ2n) is 7.87. The van der Waals surface area contributed by atoms with E-state index in [1.807, 2.05) is 12.1 Å². The maximum Gasteiger partial charge on any atom is 0.225 e. The van der Waals surface area contributed by atoms with Gasteiger partial charge in [0.15, 0.2) is 0 Å². The van der Waals surface area contributed by atoms with Crippen LogP contribution in [0.25, 0.3) is 0 Å². The number of amides is 1. The van der Waals surface area contributed by atoms with E-state index in [4.69, 9.17) is 15.2 Å². The Morgan fingerprint density at radius 2 is 2.12 bits per heavy atom. The zero-order valence-electron chi connectivity index (χ0n) is 15.3. The lowest BCUT2D eigenvalue weighted by Crippen LogP contribution is -2.45. The number of halogens is 1. The average Bonchev–Trinajstić information content (AvgIpc) is 3.31. The van der Waals surface area contributed by atoms with Crippen molar-refractivity contribution in [2.24, 2.45) is 23.5 Å². The molecule has 1 aliphatic heterocycles. The molecule has 5 nitrogen and oxygen atoms in total. The number of nitrogens with two attached hydrogens (primary N) is 1. The van der Waals surface area contributed by atoms with Crippen molar-refractivity contribution in [3.05, 3.63) is 29.3 Å². The van der Waals surface area contributed by atoms with Crippen LogP contribution < -0.4 is 15.8 Å². The quantitative estimate of drug-likeness (QED) is 0.823. The van der Waals surface area contributed by atoms with E-state index in [0.717, 1.165) is 42.7 Å². The van der Waals surface area contributed by atoms with Crippen molar-refractivity contribution in [2.75, 3.05) is 13.2 Å². The number of carbonyl (C=O) groups is 1. The number of hydrogen-bond acceptors (Lipinski definition) is 4. The van der Waals surface area contributed by atoms with Crippen LogP contribution in [0.3, 0.4) is 0 Å². The minimum Gasteiger partial charge on any atom is -0.488 e. The fourth-order valence-electron chi connectivity index (χ4n) is 4.73. The highest BCUT2D eigenvalue weighted by Crippen LogP contribution is 2.47. The summed E-state index contributed by atoms with van der Waals surface area (Å²) in [6.45, 7) is 3.93. The molecule has 144 valence electrons. The normalized spacial score (nSPS) is 32.3. The lowest BCUT2D eigenvalue weighted by Gasteiger charge is -2.27. The number of aryl methyl sites for hydroxylation is 1. The number of rotatable bonds is 5. The second-order valence-corrected chi connectivity index (χ2v) is 7.87. The molecule has 26 heavy (non-hydrogen) atoms. The average molecular weight is 381 g/mol. The van der Waals surface area contributed by atoms with Crippen LogP contribution in [0, 0.1) is 24.7 Å². The predicted octanol–water partition coefficient (Wildman–Crippen LogP) is 2.57. The number of benzene rings is 1. The van der Waals surface area contributed by atoms with Gasteiger partial charge in [0.25, 0.3) is 0 Å². The summed E-state index contributed by atoms with van der Waals surface area (Å²) in [4.78, 5) is 12.7. The van der Waals surface area contributed by atoms with Gasteiger partial charge in [-0.05, 0) is 49.7 Å². The van der Waals surface area contributed by atoms with E-state index in [1.54, 1.807) is 0 Å². The fourth-order valence-corrected chi connectivity index (χ4v) is 4.73. The predicted molar refractivity (Wildman–Crippen MR) is 102 cm³/mol. The summed E-state index contributed by atoms with van der Waals surface area (Å²) in [7, 11) is 0. The lowest BCUT2D eigenvalue weighted by atomic mass is 9.84. The van der Waals surface area contributed by atoms with Crippen LogP contribution in [-0.4, -0.2) is 31.3 Å². The molecular formula is C20H29ClN2O3. The van der Waals surface area contributed by atoms with Crippen LogP contribution in [0.4, 0.5) is 0 Å². The summed E-state index contributed by atoms with van der Waals surface area (Å²) in [5, 5.41) is 3.11. The van der Waals surface area contributed by atoms with Gasteiger partial charge in [-0.15, -0.1) is 12.4 Å². The Balaban J connectivity index is 0.00000196. The molecule has 1 saturated heterocycles.